The summed E-state index contributed by atoms with van der Waals surface area (Å²) in [4.78, 5) is 27.2. The number of amides is 2. The highest BCUT2D eigenvalue weighted by molar-refractivity contribution is 6.26. The van der Waals surface area contributed by atoms with Gasteiger partial charge in [-0.15, -0.1) is 0 Å². The molecule has 0 aromatic heterocycles. The SMILES string of the molecule is Cc1ccc(N2N=N[C@@H]3C(=O)N(c4ccc5c(c4)CCC5)C(=O)[C@@H]32)cc1. The molecule has 2 heterocycles. The van der Waals surface area contributed by atoms with Crippen molar-refractivity contribution in [1.29, 1.82) is 0 Å². The quantitative estimate of drug-likeness (QED) is 0.785. The Labute approximate surface area is 151 Å². The van der Waals surface area contributed by atoms with Crippen LogP contribution in [0.1, 0.15) is 23.1 Å². The number of carbonyl (C=O) groups is 2. The average Bonchev–Trinajstić information content (AvgIpc) is 3.33. The van der Waals surface area contributed by atoms with Crippen LogP contribution in [0.2, 0.25) is 0 Å². The highest BCUT2D eigenvalue weighted by atomic mass is 16.2. The van der Waals surface area contributed by atoms with E-state index in [-0.39, 0.29) is 11.8 Å². The number of hydrogen-bond donors (Lipinski definition) is 0. The standard InChI is InChI=1S/C20H18N4O2/c1-12-5-8-15(9-6-12)24-18-17(21-22-24)19(25)23(20(18)26)16-10-7-13-3-2-4-14(13)11-16/h5-11,17-18H,2-4H2,1H3/t17-,18+/m0/s1. The number of nitrogens with zero attached hydrogens (tertiary/aromatic N) is 4. The van der Waals surface area contributed by atoms with Crippen LogP contribution in [-0.4, -0.2) is 23.9 Å². The summed E-state index contributed by atoms with van der Waals surface area (Å²) in [7, 11) is 0. The molecule has 2 atom stereocenters. The zero-order valence-corrected chi connectivity index (χ0v) is 14.4. The van der Waals surface area contributed by atoms with Crippen molar-refractivity contribution in [2.75, 3.05) is 9.91 Å². The first-order chi connectivity index (χ1) is 12.6. The van der Waals surface area contributed by atoms with Crippen molar-refractivity contribution in [3.05, 3.63) is 59.2 Å². The first kappa shape index (κ1) is 15.3. The second kappa shape index (κ2) is 5.49. The van der Waals surface area contributed by atoms with Gasteiger partial charge in [0.25, 0.3) is 11.8 Å². The molecule has 1 aliphatic carbocycles. The van der Waals surface area contributed by atoms with Gasteiger partial charge in [0.15, 0.2) is 12.1 Å². The molecule has 0 spiro atoms. The van der Waals surface area contributed by atoms with Crippen LogP contribution in [0, 0.1) is 6.92 Å². The summed E-state index contributed by atoms with van der Waals surface area (Å²) in [5.41, 5.74) is 5.08. The van der Waals surface area contributed by atoms with Crippen molar-refractivity contribution in [2.45, 2.75) is 38.3 Å². The molecule has 6 heteroatoms. The van der Waals surface area contributed by atoms with Crippen molar-refractivity contribution in [2.24, 2.45) is 10.3 Å². The molecule has 5 rings (SSSR count). The maximum Gasteiger partial charge on any atom is 0.263 e. The van der Waals surface area contributed by atoms with Crippen molar-refractivity contribution in [1.82, 2.24) is 0 Å². The van der Waals surface area contributed by atoms with Gasteiger partial charge in [0.1, 0.15) is 0 Å². The number of benzene rings is 2. The number of imide groups is 1. The Kier molecular flexibility index (Phi) is 3.22. The maximum absolute atomic E-state index is 13.1. The highest BCUT2D eigenvalue weighted by Gasteiger charge is 2.55. The minimum Gasteiger partial charge on any atom is -0.271 e. The third-order valence-electron chi connectivity index (χ3n) is 5.42. The Morgan fingerprint density at radius 2 is 1.65 bits per heavy atom. The fourth-order valence-corrected chi connectivity index (χ4v) is 4.02. The Morgan fingerprint density at radius 1 is 0.923 bits per heavy atom. The van der Waals surface area contributed by atoms with Crippen molar-refractivity contribution in [3.63, 3.8) is 0 Å². The number of aryl methyl sites for hydroxylation is 3. The van der Waals surface area contributed by atoms with Crippen LogP contribution in [0.5, 0.6) is 0 Å². The van der Waals surface area contributed by atoms with E-state index in [1.54, 1.807) is 5.01 Å². The molecule has 26 heavy (non-hydrogen) atoms. The Bertz CT molecular complexity index is 951. The lowest BCUT2D eigenvalue weighted by Crippen LogP contribution is -2.39. The van der Waals surface area contributed by atoms with E-state index in [1.807, 2.05) is 49.4 Å². The minimum atomic E-state index is -0.767. The topological polar surface area (TPSA) is 65.3 Å². The molecule has 0 unspecified atom stereocenters. The zero-order chi connectivity index (χ0) is 17.8. The molecule has 1 fully saturated rings. The van der Waals surface area contributed by atoms with E-state index in [0.29, 0.717) is 5.69 Å². The van der Waals surface area contributed by atoms with E-state index in [4.69, 9.17) is 0 Å². The lowest BCUT2D eigenvalue weighted by atomic mass is 10.1. The third-order valence-corrected chi connectivity index (χ3v) is 5.42. The summed E-state index contributed by atoms with van der Waals surface area (Å²) >= 11 is 0. The van der Waals surface area contributed by atoms with Crippen LogP contribution in [-0.2, 0) is 22.4 Å². The second-order valence-electron chi connectivity index (χ2n) is 7.09. The summed E-state index contributed by atoms with van der Waals surface area (Å²) in [6.45, 7) is 2.00. The van der Waals surface area contributed by atoms with E-state index < -0.39 is 12.1 Å². The molecule has 0 saturated carbocycles. The molecule has 2 amide bonds. The van der Waals surface area contributed by atoms with Gasteiger partial charge in [0, 0.05) is 0 Å². The summed E-state index contributed by atoms with van der Waals surface area (Å²) in [5.74, 6) is -0.556. The normalized spacial score (nSPS) is 23.7. The lowest BCUT2D eigenvalue weighted by Gasteiger charge is -2.21. The van der Waals surface area contributed by atoms with Gasteiger partial charge >= 0.3 is 0 Å². The summed E-state index contributed by atoms with van der Waals surface area (Å²) < 4.78 is 0. The van der Waals surface area contributed by atoms with Gasteiger partial charge in [0.2, 0.25) is 0 Å². The highest BCUT2D eigenvalue weighted by Crippen LogP contribution is 2.36. The molecule has 130 valence electrons. The molecule has 2 aromatic rings. The van der Waals surface area contributed by atoms with E-state index in [1.165, 1.54) is 16.0 Å². The van der Waals surface area contributed by atoms with Gasteiger partial charge in [-0.3, -0.25) is 9.59 Å². The summed E-state index contributed by atoms with van der Waals surface area (Å²) in [6.07, 6.45) is 3.20. The number of hydrogen-bond acceptors (Lipinski definition) is 5. The molecule has 0 bridgehead atoms. The molecule has 0 radical (unpaired) electrons. The van der Waals surface area contributed by atoms with E-state index in [0.717, 1.165) is 30.5 Å². The second-order valence-corrected chi connectivity index (χ2v) is 7.09. The van der Waals surface area contributed by atoms with Gasteiger partial charge in [0.05, 0.1) is 11.4 Å². The van der Waals surface area contributed by atoms with Crippen LogP contribution in [0.3, 0.4) is 0 Å². The minimum absolute atomic E-state index is 0.261. The van der Waals surface area contributed by atoms with E-state index in [9.17, 15) is 9.59 Å². The zero-order valence-electron chi connectivity index (χ0n) is 14.4. The molecule has 2 aliphatic heterocycles. The molecule has 1 saturated heterocycles. The molecular formula is C20H18N4O2. The van der Waals surface area contributed by atoms with E-state index >= 15 is 0 Å². The fourth-order valence-electron chi connectivity index (χ4n) is 4.02. The first-order valence-electron chi connectivity index (χ1n) is 8.90. The number of fused-ring (bicyclic) bond motifs is 2. The van der Waals surface area contributed by atoms with Crippen LogP contribution in [0.4, 0.5) is 11.4 Å². The molecule has 2 aromatic carbocycles. The summed E-state index contributed by atoms with van der Waals surface area (Å²) in [6, 6.07) is 12.1. The van der Waals surface area contributed by atoms with Crippen molar-refractivity contribution in [3.8, 4) is 0 Å². The molecular weight excluding hydrogens is 328 g/mol. The average molecular weight is 346 g/mol. The molecule has 3 aliphatic rings. The first-order valence-corrected chi connectivity index (χ1v) is 8.90. The smallest absolute Gasteiger partial charge is 0.263 e. The Hall–Kier alpha value is -3.02. The Morgan fingerprint density at radius 3 is 2.46 bits per heavy atom. The van der Waals surface area contributed by atoms with Crippen LogP contribution < -0.4 is 9.91 Å². The van der Waals surface area contributed by atoms with Gasteiger partial charge in [-0.2, -0.15) is 5.11 Å². The predicted octanol–water partition coefficient (Wildman–Crippen LogP) is 2.98. The van der Waals surface area contributed by atoms with Gasteiger partial charge in [-0.1, -0.05) is 29.0 Å². The molecule has 0 N–H and O–H groups in total. The fraction of sp³-hybridized carbons (Fsp3) is 0.300. The van der Waals surface area contributed by atoms with Crippen molar-refractivity contribution >= 4 is 23.2 Å². The number of carbonyl (C=O) groups excluding carboxylic acids is 2. The van der Waals surface area contributed by atoms with Gasteiger partial charge < -0.3 is 0 Å². The molecule has 6 nitrogen and oxygen atoms in total. The monoisotopic (exact) mass is 346 g/mol. The lowest BCUT2D eigenvalue weighted by molar-refractivity contribution is -0.121. The third kappa shape index (κ3) is 2.11. The summed E-state index contributed by atoms with van der Waals surface area (Å²) in [5, 5.41) is 9.76. The van der Waals surface area contributed by atoms with Gasteiger partial charge in [-0.25, -0.2) is 9.91 Å². The van der Waals surface area contributed by atoms with Crippen LogP contribution in [0.15, 0.2) is 52.8 Å². The Balaban J connectivity index is 1.50. The van der Waals surface area contributed by atoms with Crippen molar-refractivity contribution < 1.29 is 9.59 Å². The maximum atomic E-state index is 13.1. The predicted molar refractivity (Wildman–Crippen MR) is 97.1 cm³/mol. The number of rotatable bonds is 2. The van der Waals surface area contributed by atoms with Crippen LogP contribution >= 0.6 is 0 Å². The van der Waals surface area contributed by atoms with Gasteiger partial charge in [-0.05, 0) is 61.6 Å². The van der Waals surface area contributed by atoms with E-state index in [2.05, 4.69) is 10.3 Å². The number of anilines is 2. The van der Waals surface area contributed by atoms with Crippen LogP contribution in [0.25, 0.3) is 0 Å². The largest absolute Gasteiger partial charge is 0.271 e.